The molecule has 10 nitrogen and oxygen atoms in total. The number of aromatic nitrogens is 9. The number of ether oxygens (including phenoxy) is 1. The number of nitrogens with one attached hydrogen (secondary N) is 2. The number of aromatic amines is 2. The molecule has 0 bridgehead atoms. The first-order valence-corrected chi connectivity index (χ1v) is 10.2. The molecule has 2 N–H and O–H groups in total. The molecule has 156 valence electrons. The zero-order valence-corrected chi connectivity index (χ0v) is 17.2. The van der Waals surface area contributed by atoms with E-state index in [0.717, 1.165) is 38.9 Å². The van der Waals surface area contributed by atoms with Crippen molar-refractivity contribution in [1.82, 2.24) is 44.5 Å². The van der Waals surface area contributed by atoms with Crippen LogP contribution in [0.2, 0.25) is 0 Å². The molecule has 6 heterocycles. The third-order valence-corrected chi connectivity index (χ3v) is 6.01. The van der Waals surface area contributed by atoms with Gasteiger partial charge in [-0.3, -0.25) is 9.78 Å². The quantitative estimate of drug-likeness (QED) is 0.441. The van der Waals surface area contributed by atoms with Crippen LogP contribution in [-0.2, 0) is 7.05 Å². The molecule has 1 aromatic carbocycles. The van der Waals surface area contributed by atoms with Gasteiger partial charge < -0.3 is 9.72 Å². The molecule has 7 rings (SSSR count). The van der Waals surface area contributed by atoms with E-state index < -0.39 is 0 Å². The standard InChI is InChI=1S/C22H17N9O/c1-11-16-17(12-7-25-30(2)9-12)18-20-26-19(14-8-23-15-6-4-3-5-13(14)15)29-31(20)10-24-21(18)32-22(16)28-27-11/h3-10,17,23H,1-2H3,(H,27,28)/t17-/m0/s1. The molecule has 6 aromatic rings. The van der Waals surface area contributed by atoms with Crippen molar-refractivity contribution < 1.29 is 4.74 Å². The van der Waals surface area contributed by atoms with Crippen LogP contribution >= 0.6 is 0 Å². The van der Waals surface area contributed by atoms with E-state index in [2.05, 4.69) is 31.3 Å². The maximum absolute atomic E-state index is 6.07. The number of fused-ring (bicyclic) bond motifs is 5. The van der Waals surface area contributed by atoms with Crippen LogP contribution in [-0.4, -0.2) is 44.5 Å². The lowest BCUT2D eigenvalue weighted by atomic mass is 9.86. The highest BCUT2D eigenvalue weighted by molar-refractivity contribution is 5.94. The van der Waals surface area contributed by atoms with E-state index in [1.807, 2.05) is 50.8 Å². The van der Waals surface area contributed by atoms with E-state index in [0.29, 0.717) is 23.2 Å². The van der Waals surface area contributed by atoms with Gasteiger partial charge in [0.2, 0.25) is 11.8 Å². The molecule has 0 saturated heterocycles. The van der Waals surface area contributed by atoms with Gasteiger partial charge in [0, 0.05) is 52.7 Å². The SMILES string of the molecule is Cc1[nH]nc2c1[C@H](c1cnn(C)c1)c1c(ncn3nc(-c4c[nH]c5ccccc45)nc13)O2. The third-order valence-electron chi connectivity index (χ3n) is 6.01. The van der Waals surface area contributed by atoms with Gasteiger partial charge in [0.1, 0.15) is 6.33 Å². The summed E-state index contributed by atoms with van der Waals surface area (Å²) in [6.45, 7) is 1.98. The molecule has 0 aliphatic carbocycles. The summed E-state index contributed by atoms with van der Waals surface area (Å²) in [6, 6.07) is 8.10. The number of H-pyrrole nitrogens is 2. The number of aryl methyl sites for hydroxylation is 2. The molecule has 0 radical (unpaired) electrons. The Balaban J connectivity index is 1.50. The smallest absolute Gasteiger partial charge is 0.244 e. The Morgan fingerprint density at radius 3 is 2.91 bits per heavy atom. The summed E-state index contributed by atoms with van der Waals surface area (Å²) in [6.07, 6.45) is 7.42. The first-order valence-electron chi connectivity index (χ1n) is 10.2. The minimum atomic E-state index is -0.183. The number of para-hydroxylation sites is 1. The monoisotopic (exact) mass is 423 g/mol. The average Bonchev–Trinajstić information content (AvgIpc) is 3.57. The molecular formula is C22H17N9O. The van der Waals surface area contributed by atoms with E-state index in [-0.39, 0.29) is 5.92 Å². The molecule has 0 spiro atoms. The van der Waals surface area contributed by atoms with Crippen LogP contribution in [0.5, 0.6) is 11.8 Å². The second kappa shape index (κ2) is 6.03. The van der Waals surface area contributed by atoms with E-state index in [4.69, 9.17) is 14.8 Å². The highest BCUT2D eigenvalue weighted by Gasteiger charge is 2.37. The predicted molar refractivity (Wildman–Crippen MR) is 116 cm³/mol. The van der Waals surface area contributed by atoms with Gasteiger partial charge in [-0.1, -0.05) is 18.2 Å². The van der Waals surface area contributed by atoms with Crippen LogP contribution in [0.4, 0.5) is 0 Å². The molecule has 0 saturated carbocycles. The van der Waals surface area contributed by atoms with Crippen LogP contribution in [0.1, 0.15) is 28.3 Å². The van der Waals surface area contributed by atoms with Gasteiger partial charge in [0.25, 0.3) is 0 Å². The Labute approximate surface area is 180 Å². The molecule has 10 heteroatoms. The number of rotatable bonds is 2. The van der Waals surface area contributed by atoms with Crippen LogP contribution in [0.15, 0.2) is 49.2 Å². The minimum Gasteiger partial charge on any atom is -0.418 e. The van der Waals surface area contributed by atoms with Crippen molar-refractivity contribution in [1.29, 1.82) is 0 Å². The van der Waals surface area contributed by atoms with Gasteiger partial charge in [-0.25, -0.2) is 14.5 Å². The summed E-state index contributed by atoms with van der Waals surface area (Å²) in [5, 5.41) is 17.6. The number of benzene rings is 1. The maximum Gasteiger partial charge on any atom is 0.244 e. The Bertz CT molecular complexity index is 1650. The first kappa shape index (κ1) is 17.2. The lowest BCUT2D eigenvalue weighted by Gasteiger charge is -2.24. The maximum atomic E-state index is 6.07. The average molecular weight is 423 g/mol. The van der Waals surface area contributed by atoms with Crippen molar-refractivity contribution in [2.45, 2.75) is 12.8 Å². The fourth-order valence-corrected chi connectivity index (χ4v) is 4.56. The fourth-order valence-electron chi connectivity index (χ4n) is 4.56. The van der Waals surface area contributed by atoms with Crippen molar-refractivity contribution >= 4 is 16.6 Å². The molecule has 1 atom stereocenters. The lowest BCUT2D eigenvalue weighted by molar-refractivity contribution is 0.416. The Kier molecular flexibility index (Phi) is 3.25. The molecule has 0 amide bonds. The largest absolute Gasteiger partial charge is 0.418 e. The molecule has 1 aliphatic heterocycles. The van der Waals surface area contributed by atoms with Crippen LogP contribution < -0.4 is 4.74 Å². The van der Waals surface area contributed by atoms with Crippen molar-refractivity contribution in [3.63, 3.8) is 0 Å². The second-order valence-corrected chi connectivity index (χ2v) is 7.96. The first-order chi connectivity index (χ1) is 15.7. The molecular weight excluding hydrogens is 406 g/mol. The Morgan fingerprint density at radius 1 is 1.12 bits per heavy atom. The molecule has 32 heavy (non-hydrogen) atoms. The van der Waals surface area contributed by atoms with Crippen molar-refractivity contribution in [2.75, 3.05) is 0 Å². The molecule has 0 unspecified atom stereocenters. The summed E-state index contributed by atoms with van der Waals surface area (Å²) in [5.41, 5.74) is 6.40. The van der Waals surface area contributed by atoms with E-state index in [9.17, 15) is 0 Å². The molecule has 0 fully saturated rings. The van der Waals surface area contributed by atoms with Crippen LogP contribution in [0.25, 0.3) is 27.9 Å². The van der Waals surface area contributed by atoms with Gasteiger partial charge >= 0.3 is 0 Å². The lowest BCUT2D eigenvalue weighted by Crippen LogP contribution is -2.14. The molecule has 5 aromatic heterocycles. The van der Waals surface area contributed by atoms with Crippen LogP contribution in [0, 0.1) is 6.92 Å². The van der Waals surface area contributed by atoms with E-state index in [1.165, 1.54) is 0 Å². The van der Waals surface area contributed by atoms with Gasteiger partial charge in [-0.05, 0) is 13.0 Å². The van der Waals surface area contributed by atoms with E-state index >= 15 is 0 Å². The van der Waals surface area contributed by atoms with Crippen molar-refractivity contribution in [3.8, 4) is 23.1 Å². The number of hydrogen-bond acceptors (Lipinski definition) is 6. The third kappa shape index (κ3) is 2.26. The Morgan fingerprint density at radius 2 is 2.03 bits per heavy atom. The van der Waals surface area contributed by atoms with Gasteiger partial charge in [0.15, 0.2) is 11.5 Å². The minimum absolute atomic E-state index is 0.183. The number of nitrogens with zero attached hydrogens (tertiary/aromatic N) is 7. The fraction of sp³-hybridized carbons (Fsp3) is 0.136. The summed E-state index contributed by atoms with van der Waals surface area (Å²) in [4.78, 5) is 12.8. The van der Waals surface area contributed by atoms with Gasteiger partial charge in [-0.15, -0.1) is 10.2 Å². The molecule has 1 aliphatic rings. The van der Waals surface area contributed by atoms with Gasteiger partial charge in [0.05, 0.1) is 17.7 Å². The summed E-state index contributed by atoms with van der Waals surface area (Å²) in [5.74, 6) is 1.44. The van der Waals surface area contributed by atoms with E-state index in [1.54, 1.807) is 15.5 Å². The summed E-state index contributed by atoms with van der Waals surface area (Å²) < 4.78 is 9.56. The summed E-state index contributed by atoms with van der Waals surface area (Å²) >= 11 is 0. The zero-order chi connectivity index (χ0) is 21.4. The normalized spacial score (nSPS) is 15.1. The number of hydrogen-bond donors (Lipinski definition) is 2. The summed E-state index contributed by atoms with van der Waals surface area (Å²) in [7, 11) is 1.90. The second-order valence-electron chi connectivity index (χ2n) is 7.96. The topological polar surface area (TPSA) is 115 Å². The highest BCUT2D eigenvalue weighted by Crippen LogP contribution is 2.48. The van der Waals surface area contributed by atoms with Gasteiger partial charge in [-0.2, -0.15) is 5.10 Å². The Hall–Kier alpha value is -4.47. The highest BCUT2D eigenvalue weighted by atomic mass is 16.5. The zero-order valence-electron chi connectivity index (χ0n) is 17.2. The predicted octanol–water partition coefficient (Wildman–Crippen LogP) is 3.32. The van der Waals surface area contributed by atoms with Crippen molar-refractivity contribution in [2.24, 2.45) is 7.05 Å². The van der Waals surface area contributed by atoms with Crippen molar-refractivity contribution in [3.05, 3.63) is 71.6 Å². The van der Waals surface area contributed by atoms with Crippen LogP contribution in [0.3, 0.4) is 0 Å².